The van der Waals surface area contributed by atoms with Gasteiger partial charge in [-0.05, 0) is 37.0 Å². The van der Waals surface area contributed by atoms with Gasteiger partial charge in [-0.25, -0.2) is 9.78 Å². The Balaban J connectivity index is 1.80. The zero-order valence-electron chi connectivity index (χ0n) is 10.0. The van der Waals surface area contributed by atoms with Crippen molar-refractivity contribution in [2.75, 3.05) is 5.32 Å². The first kappa shape index (κ1) is 12.1. The van der Waals surface area contributed by atoms with Gasteiger partial charge in [0.2, 0.25) is 5.91 Å². The maximum atomic E-state index is 11.7. The minimum absolute atomic E-state index is 0.0139. The molecule has 2 N–H and O–H groups in total. The molecule has 1 aromatic carbocycles. The van der Waals surface area contributed by atoms with Crippen molar-refractivity contribution in [2.45, 2.75) is 19.3 Å². The van der Waals surface area contributed by atoms with E-state index in [-0.39, 0.29) is 11.5 Å². The number of carbonyl (C=O) groups excluding carboxylic acids is 1. The summed E-state index contributed by atoms with van der Waals surface area (Å²) in [5.74, 6) is -0.442. The third kappa shape index (κ3) is 2.73. The van der Waals surface area contributed by atoms with Crippen LogP contribution in [0, 0.1) is 5.92 Å². The molecule has 0 bridgehead atoms. The molecule has 1 aliphatic carbocycles. The molecule has 0 atom stereocenters. The van der Waals surface area contributed by atoms with Gasteiger partial charge in [0.15, 0.2) is 5.13 Å². The Morgan fingerprint density at radius 2 is 2.21 bits per heavy atom. The van der Waals surface area contributed by atoms with Crippen molar-refractivity contribution >= 4 is 38.6 Å². The lowest BCUT2D eigenvalue weighted by Gasteiger charge is -1.98. The Morgan fingerprint density at radius 3 is 2.89 bits per heavy atom. The maximum absolute atomic E-state index is 11.7. The lowest BCUT2D eigenvalue weighted by atomic mass is 10.2. The average molecular weight is 276 g/mol. The van der Waals surface area contributed by atoms with Crippen LogP contribution in [-0.2, 0) is 4.79 Å². The molecule has 0 radical (unpaired) electrons. The van der Waals surface area contributed by atoms with Gasteiger partial charge >= 0.3 is 5.97 Å². The number of thiazole rings is 1. The second-order valence-electron chi connectivity index (χ2n) is 4.70. The molecule has 3 rings (SSSR count). The molecule has 0 spiro atoms. The lowest BCUT2D eigenvalue weighted by Crippen LogP contribution is -2.11. The number of rotatable bonds is 4. The monoisotopic (exact) mass is 276 g/mol. The summed E-state index contributed by atoms with van der Waals surface area (Å²) >= 11 is 1.30. The predicted octanol–water partition coefficient (Wildman–Crippen LogP) is 2.73. The standard InChI is InChI=1S/C13H12N2O3S/c16-11(5-7-1-2-7)15-13-14-9-4-3-8(12(17)18)6-10(9)19-13/h3-4,6-7H,1-2,5H2,(H,17,18)(H,14,15,16). The predicted molar refractivity (Wildman–Crippen MR) is 72.6 cm³/mol. The number of anilines is 1. The summed E-state index contributed by atoms with van der Waals surface area (Å²) in [4.78, 5) is 26.8. The van der Waals surface area contributed by atoms with Gasteiger partial charge in [0.1, 0.15) is 0 Å². The van der Waals surface area contributed by atoms with E-state index in [0.29, 0.717) is 23.0 Å². The first-order valence-corrected chi connectivity index (χ1v) is 6.87. The van der Waals surface area contributed by atoms with Gasteiger partial charge in [-0.15, -0.1) is 0 Å². The number of amides is 1. The van der Waals surface area contributed by atoms with E-state index in [0.717, 1.165) is 17.5 Å². The lowest BCUT2D eigenvalue weighted by molar-refractivity contribution is -0.116. The minimum Gasteiger partial charge on any atom is -0.478 e. The molecule has 0 aliphatic heterocycles. The normalized spacial score (nSPS) is 14.5. The largest absolute Gasteiger partial charge is 0.478 e. The van der Waals surface area contributed by atoms with E-state index in [9.17, 15) is 9.59 Å². The smallest absolute Gasteiger partial charge is 0.335 e. The minimum atomic E-state index is -0.963. The van der Waals surface area contributed by atoms with Crippen LogP contribution in [0.15, 0.2) is 18.2 Å². The fraction of sp³-hybridized carbons (Fsp3) is 0.308. The third-order valence-electron chi connectivity index (χ3n) is 3.05. The number of carboxylic acid groups (broad SMARTS) is 1. The molecule has 0 saturated heterocycles. The zero-order valence-corrected chi connectivity index (χ0v) is 10.9. The van der Waals surface area contributed by atoms with Crippen molar-refractivity contribution in [2.24, 2.45) is 5.92 Å². The topological polar surface area (TPSA) is 79.3 Å². The second-order valence-corrected chi connectivity index (χ2v) is 5.73. The molecule has 0 unspecified atom stereocenters. The fourth-order valence-corrected chi connectivity index (χ4v) is 2.79. The SMILES string of the molecule is O=C(CC1CC1)Nc1nc2ccc(C(=O)O)cc2s1. The van der Waals surface area contributed by atoms with Crippen LogP contribution in [0.3, 0.4) is 0 Å². The van der Waals surface area contributed by atoms with Crippen LogP contribution in [0.1, 0.15) is 29.6 Å². The Bertz CT molecular complexity index is 661. The molecule has 6 heteroatoms. The van der Waals surface area contributed by atoms with Crippen LogP contribution in [0.25, 0.3) is 10.2 Å². The summed E-state index contributed by atoms with van der Waals surface area (Å²) < 4.78 is 0.765. The van der Waals surface area contributed by atoms with E-state index in [2.05, 4.69) is 10.3 Å². The van der Waals surface area contributed by atoms with Gasteiger partial charge in [-0.1, -0.05) is 11.3 Å². The summed E-state index contributed by atoms with van der Waals surface area (Å²) in [7, 11) is 0. The van der Waals surface area contributed by atoms with Crippen molar-refractivity contribution in [3.8, 4) is 0 Å². The first-order chi connectivity index (χ1) is 9.11. The Kier molecular flexibility index (Phi) is 2.94. The number of fused-ring (bicyclic) bond motifs is 1. The van der Waals surface area contributed by atoms with E-state index < -0.39 is 5.97 Å². The van der Waals surface area contributed by atoms with Crippen molar-refractivity contribution in [3.05, 3.63) is 23.8 Å². The van der Waals surface area contributed by atoms with Gasteiger partial charge in [0.25, 0.3) is 0 Å². The summed E-state index contributed by atoms with van der Waals surface area (Å²) in [6.45, 7) is 0. The van der Waals surface area contributed by atoms with Crippen LogP contribution in [0.5, 0.6) is 0 Å². The van der Waals surface area contributed by atoms with Gasteiger partial charge in [-0.2, -0.15) is 0 Å². The number of carboxylic acids is 1. The Hall–Kier alpha value is -1.95. The van der Waals surface area contributed by atoms with Crippen LogP contribution in [-0.4, -0.2) is 22.0 Å². The molecule has 1 aliphatic rings. The molecule has 2 aromatic rings. The third-order valence-corrected chi connectivity index (χ3v) is 3.99. The number of nitrogens with one attached hydrogen (secondary N) is 1. The van der Waals surface area contributed by atoms with Crippen LogP contribution in [0.4, 0.5) is 5.13 Å². The number of benzene rings is 1. The Labute approximate surface area is 113 Å². The number of nitrogens with zero attached hydrogens (tertiary/aromatic N) is 1. The molecule has 5 nitrogen and oxygen atoms in total. The van der Waals surface area contributed by atoms with Gasteiger partial charge in [-0.3, -0.25) is 4.79 Å². The molecule has 1 heterocycles. The maximum Gasteiger partial charge on any atom is 0.335 e. The van der Waals surface area contributed by atoms with E-state index >= 15 is 0 Å². The Morgan fingerprint density at radius 1 is 1.42 bits per heavy atom. The highest BCUT2D eigenvalue weighted by Crippen LogP contribution is 2.33. The van der Waals surface area contributed by atoms with Gasteiger partial charge in [0.05, 0.1) is 15.8 Å². The van der Waals surface area contributed by atoms with Crippen molar-refractivity contribution in [1.29, 1.82) is 0 Å². The summed E-state index contributed by atoms with van der Waals surface area (Å²) in [6.07, 6.45) is 2.82. The number of aromatic carboxylic acids is 1. The molecule has 1 fully saturated rings. The second kappa shape index (κ2) is 4.62. The molecular weight excluding hydrogens is 264 g/mol. The van der Waals surface area contributed by atoms with Crippen molar-refractivity contribution < 1.29 is 14.7 Å². The van der Waals surface area contributed by atoms with Crippen molar-refractivity contribution in [3.63, 3.8) is 0 Å². The molecule has 1 aromatic heterocycles. The summed E-state index contributed by atoms with van der Waals surface area (Å²) in [5, 5.41) is 12.2. The number of carbonyl (C=O) groups is 2. The summed E-state index contributed by atoms with van der Waals surface area (Å²) in [6, 6.07) is 4.75. The molecular formula is C13H12N2O3S. The van der Waals surface area contributed by atoms with E-state index in [4.69, 9.17) is 5.11 Å². The zero-order chi connectivity index (χ0) is 13.4. The number of aromatic nitrogens is 1. The first-order valence-electron chi connectivity index (χ1n) is 6.05. The number of hydrogen-bond donors (Lipinski definition) is 2. The molecule has 19 heavy (non-hydrogen) atoms. The highest BCUT2D eigenvalue weighted by Gasteiger charge is 2.24. The van der Waals surface area contributed by atoms with E-state index in [1.165, 1.54) is 17.4 Å². The molecule has 98 valence electrons. The van der Waals surface area contributed by atoms with Gasteiger partial charge < -0.3 is 10.4 Å². The van der Waals surface area contributed by atoms with E-state index in [1.807, 2.05) is 0 Å². The van der Waals surface area contributed by atoms with Crippen LogP contribution >= 0.6 is 11.3 Å². The molecule has 1 saturated carbocycles. The summed E-state index contributed by atoms with van der Waals surface area (Å²) in [5.41, 5.74) is 0.934. The number of hydrogen-bond acceptors (Lipinski definition) is 4. The van der Waals surface area contributed by atoms with Crippen LogP contribution < -0.4 is 5.32 Å². The molecule has 1 amide bonds. The van der Waals surface area contributed by atoms with E-state index in [1.54, 1.807) is 12.1 Å². The fourth-order valence-electron chi connectivity index (χ4n) is 1.87. The van der Waals surface area contributed by atoms with Crippen LogP contribution in [0.2, 0.25) is 0 Å². The quantitative estimate of drug-likeness (QED) is 0.899. The highest BCUT2D eigenvalue weighted by molar-refractivity contribution is 7.22. The van der Waals surface area contributed by atoms with Gasteiger partial charge in [0, 0.05) is 6.42 Å². The van der Waals surface area contributed by atoms with Crippen molar-refractivity contribution in [1.82, 2.24) is 4.98 Å². The average Bonchev–Trinajstić information content (AvgIpc) is 3.06. The highest BCUT2D eigenvalue weighted by atomic mass is 32.1.